The molecule has 1 aliphatic heterocycles. The second-order valence-corrected chi connectivity index (χ2v) is 6.95. The molecular formula is C19H15N3O3S. The second-order valence-electron chi connectivity index (χ2n) is 5.90. The van der Waals surface area contributed by atoms with Crippen molar-refractivity contribution >= 4 is 33.8 Å². The number of imide groups is 1. The smallest absolute Gasteiger partial charge is 0.289 e. The first-order chi connectivity index (χ1) is 12.6. The molecule has 3 heterocycles. The lowest BCUT2D eigenvalue weighted by Crippen LogP contribution is -2.24. The highest BCUT2D eigenvalue weighted by Gasteiger charge is 2.40. The van der Waals surface area contributed by atoms with E-state index in [2.05, 4.69) is 9.97 Å². The van der Waals surface area contributed by atoms with Crippen LogP contribution in [-0.2, 0) is 4.79 Å². The van der Waals surface area contributed by atoms with Crippen molar-refractivity contribution in [2.24, 2.45) is 0 Å². The first-order valence-electron chi connectivity index (χ1n) is 7.96. The molecule has 3 aromatic rings. The van der Waals surface area contributed by atoms with E-state index >= 15 is 0 Å². The fraction of sp³-hybridized carbons (Fsp3) is 0.158. The Balaban J connectivity index is 1.82. The molecule has 4 rings (SSSR count). The van der Waals surface area contributed by atoms with Gasteiger partial charge in [-0.25, -0.2) is 4.98 Å². The van der Waals surface area contributed by atoms with Crippen molar-refractivity contribution in [3.05, 3.63) is 54.4 Å². The van der Waals surface area contributed by atoms with Crippen LogP contribution < -0.4 is 4.74 Å². The summed E-state index contributed by atoms with van der Waals surface area (Å²) in [7, 11) is 3.00. The molecule has 6 nitrogen and oxygen atoms in total. The van der Waals surface area contributed by atoms with E-state index in [1.165, 1.54) is 14.2 Å². The zero-order chi connectivity index (χ0) is 18.3. The molecule has 0 N–H and O–H groups in total. The SMILES string of the molecule is COc1nc2cc(-c3cccnc3)ccc2cc1C1SC(=O)N(C)C1=O. The maximum Gasteiger partial charge on any atom is 0.289 e. The van der Waals surface area contributed by atoms with Gasteiger partial charge in [-0.1, -0.05) is 18.2 Å². The van der Waals surface area contributed by atoms with Crippen molar-refractivity contribution in [1.29, 1.82) is 0 Å². The van der Waals surface area contributed by atoms with Crippen LogP contribution in [0.25, 0.3) is 22.0 Å². The number of hydrogen-bond acceptors (Lipinski definition) is 6. The van der Waals surface area contributed by atoms with Crippen LogP contribution in [0.2, 0.25) is 0 Å². The zero-order valence-corrected chi connectivity index (χ0v) is 15.0. The van der Waals surface area contributed by atoms with E-state index < -0.39 is 5.25 Å². The van der Waals surface area contributed by atoms with Crippen molar-refractivity contribution in [3.63, 3.8) is 0 Å². The molecule has 130 valence electrons. The minimum atomic E-state index is -0.627. The van der Waals surface area contributed by atoms with Crippen LogP contribution in [0.3, 0.4) is 0 Å². The van der Waals surface area contributed by atoms with Gasteiger partial charge >= 0.3 is 0 Å². The number of pyridine rings is 2. The summed E-state index contributed by atoms with van der Waals surface area (Å²) in [6.45, 7) is 0. The van der Waals surface area contributed by atoms with Gasteiger partial charge < -0.3 is 4.74 Å². The highest BCUT2D eigenvalue weighted by molar-refractivity contribution is 8.15. The molecule has 1 atom stereocenters. The fourth-order valence-corrected chi connectivity index (χ4v) is 3.93. The van der Waals surface area contributed by atoms with E-state index in [1.807, 2.05) is 36.4 Å². The van der Waals surface area contributed by atoms with Crippen molar-refractivity contribution < 1.29 is 14.3 Å². The Morgan fingerprint density at radius 1 is 1.15 bits per heavy atom. The van der Waals surface area contributed by atoms with Gasteiger partial charge in [0.05, 0.1) is 12.6 Å². The first kappa shape index (κ1) is 16.5. The number of amides is 2. The minimum Gasteiger partial charge on any atom is -0.481 e. The number of rotatable bonds is 3. The van der Waals surface area contributed by atoms with Gasteiger partial charge in [-0.3, -0.25) is 19.5 Å². The number of benzene rings is 1. The molecule has 0 saturated carbocycles. The Labute approximate surface area is 154 Å². The van der Waals surface area contributed by atoms with Crippen LogP contribution in [0, 0.1) is 0 Å². The van der Waals surface area contributed by atoms with E-state index in [1.54, 1.807) is 12.4 Å². The number of aromatic nitrogens is 2. The van der Waals surface area contributed by atoms with Gasteiger partial charge in [0.1, 0.15) is 5.25 Å². The summed E-state index contributed by atoms with van der Waals surface area (Å²) in [6.07, 6.45) is 3.52. The number of nitrogens with zero attached hydrogens (tertiary/aromatic N) is 3. The summed E-state index contributed by atoms with van der Waals surface area (Å²) in [6, 6.07) is 11.6. The van der Waals surface area contributed by atoms with Gasteiger partial charge in [-0.05, 0) is 35.5 Å². The molecular weight excluding hydrogens is 350 g/mol. The maximum atomic E-state index is 12.4. The number of carbonyl (C=O) groups is 2. The van der Waals surface area contributed by atoms with Crippen LogP contribution in [0.15, 0.2) is 48.8 Å². The molecule has 1 saturated heterocycles. The molecule has 0 radical (unpaired) electrons. The van der Waals surface area contributed by atoms with E-state index in [0.29, 0.717) is 11.4 Å². The highest BCUT2D eigenvalue weighted by atomic mass is 32.2. The van der Waals surface area contributed by atoms with Gasteiger partial charge in [0.15, 0.2) is 0 Å². The van der Waals surface area contributed by atoms with Crippen LogP contribution in [0.1, 0.15) is 10.8 Å². The lowest BCUT2D eigenvalue weighted by molar-refractivity contribution is -0.125. The van der Waals surface area contributed by atoms with Gasteiger partial charge in [-0.2, -0.15) is 0 Å². The topological polar surface area (TPSA) is 72.4 Å². The molecule has 0 aliphatic carbocycles. The number of likely N-dealkylation sites (N-methyl/N-ethyl adjacent to an activating group) is 1. The Hall–Kier alpha value is -2.93. The summed E-state index contributed by atoms with van der Waals surface area (Å²) >= 11 is 0.982. The molecule has 7 heteroatoms. The highest BCUT2D eigenvalue weighted by Crippen LogP contribution is 2.42. The fourth-order valence-electron chi connectivity index (χ4n) is 2.92. The summed E-state index contributed by atoms with van der Waals surface area (Å²) in [4.78, 5) is 34.0. The van der Waals surface area contributed by atoms with Crippen LogP contribution >= 0.6 is 11.8 Å². The molecule has 1 aliphatic rings. The minimum absolute atomic E-state index is 0.258. The molecule has 1 aromatic carbocycles. The first-order valence-corrected chi connectivity index (χ1v) is 8.83. The normalized spacial score (nSPS) is 17.2. The van der Waals surface area contributed by atoms with Gasteiger partial charge in [-0.15, -0.1) is 0 Å². The number of hydrogen-bond donors (Lipinski definition) is 0. The van der Waals surface area contributed by atoms with Crippen molar-refractivity contribution in [1.82, 2.24) is 14.9 Å². The zero-order valence-electron chi connectivity index (χ0n) is 14.2. The molecule has 26 heavy (non-hydrogen) atoms. The maximum absolute atomic E-state index is 12.4. The number of methoxy groups -OCH3 is 1. The van der Waals surface area contributed by atoms with Crippen molar-refractivity contribution in [3.8, 4) is 17.0 Å². The van der Waals surface area contributed by atoms with Crippen LogP contribution in [0.5, 0.6) is 5.88 Å². The average Bonchev–Trinajstić information content (AvgIpc) is 2.94. The van der Waals surface area contributed by atoms with E-state index in [9.17, 15) is 9.59 Å². The summed E-state index contributed by atoms with van der Waals surface area (Å²) in [5, 5.41) is -0.0183. The van der Waals surface area contributed by atoms with E-state index in [0.717, 1.165) is 38.7 Å². The molecule has 0 spiro atoms. The lowest BCUT2D eigenvalue weighted by Gasteiger charge is -2.13. The molecule has 2 amide bonds. The predicted octanol–water partition coefficient (Wildman–Crippen LogP) is 3.67. The van der Waals surface area contributed by atoms with Gasteiger partial charge in [0, 0.05) is 36.0 Å². The lowest BCUT2D eigenvalue weighted by atomic mass is 10.0. The third-order valence-electron chi connectivity index (χ3n) is 4.33. The summed E-state index contributed by atoms with van der Waals surface area (Å²) in [5.74, 6) is 0.0983. The van der Waals surface area contributed by atoms with Gasteiger partial charge in [0.25, 0.3) is 5.24 Å². The van der Waals surface area contributed by atoms with Crippen molar-refractivity contribution in [2.45, 2.75) is 5.25 Å². The Bertz CT molecular complexity index is 1020. The van der Waals surface area contributed by atoms with Crippen molar-refractivity contribution in [2.75, 3.05) is 14.2 Å². The molecule has 0 bridgehead atoms. The monoisotopic (exact) mass is 365 g/mol. The molecule has 2 aromatic heterocycles. The summed E-state index contributed by atoms with van der Waals surface area (Å²) < 4.78 is 5.41. The third kappa shape index (κ3) is 2.70. The Morgan fingerprint density at radius 3 is 2.65 bits per heavy atom. The molecule has 1 unspecified atom stereocenters. The predicted molar refractivity (Wildman–Crippen MR) is 100 cm³/mol. The Morgan fingerprint density at radius 2 is 2.00 bits per heavy atom. The largest absolute Gasteiger partial charge is 0.481 e. The summed E-state index contributed by atoms with van der Waals surface area (Å²) in [5.41, 5.74) is 3.35. The second kappa shape index (κ2) is 6.42. The average molecular weight is 365 g/mol. The number of fused-ring (bicyclic) bond motifs is 1. The quantitative estimate of drug-likeness (QED) is 0.705. The third-order valence-corrected chi connectivity index (χ3v) is 5.50. The van der Waals surface area contributed by atoms with E-state index in [4.69, 9.17) is 4.74 Å². The number of ether oxygens (including phenoxy) is 1. The van der Waals surface area contributed by atoms with Crippen LogP contribution in [-0.4, -0.2) is 40.2 Å². The standard InChI is InChI=1S/C19H15N3O3S/c1-22-18(23)16(26-19(22)24)14-8-12-6-5-11(13-4-3-7-20-10-13)9-15(12)21-17(14)25-2/h3-10,16H,1-2H3. The van der Waals surface area contributed by atoms with Crippen LogP contribution in [0.4, 0.5) is 4.79 Å². The van der Waals surface area contributed by atoms with E-state index in [-0.39, 0.29) is 11.1 Å². The number of carbonyl (C=O) groups excluding carboxylic acids is 2. The van der Waals surface area contributed by atoms with Gasteiger partial charge in [0.2, 0.25) is 11.8 Å². The number of thioether (sulfide) groups is 1. The molecule has 1 fully saturated rings. The Kier molecular flexibility index (Phi) is 4.08.